The molecule has 0 aliphatic heterocycles. The third-order valence-electron chi connectivity index (χ3n) is 2.95. The molecule has 0 radical (unpaired) electrons. The first kappa shape index (κ1) is 16.4. The maximum absolute atomic E-state index is 11.9. The van der Waals surface area contributed by atoms with Gasteiger partial charge in [-0.15, -0.1) is 0 Å². The van der Waals surface area contributed by atoms with E-state index in [-0.39, 0.29) is 11.9 Å². The zero-order chi connectivity index (χ0) is 13.3. The quantitative estimate of drug-likeness (QED) is 0.653. The number of hydrogen-bond donors (Lipinski definition) is 2. The third kappa shape index (κ3) is 8.19. The number of carbonyl (C=O) groups is 1. The zero-order valence-corrected chi connectivity index (χ0v) is 12.0. The Kier molecular flexibility index (Phi) is 9.14. The van der Waals surface area contributed by atoms with Crippen molar-refractivity contribution in [3.63, 3.8) is 0 Å². The summed E-state index contributed by atoms with van der Waals surface area (Å²) in [5.41, 5.74) is 5.88. The summed E-state index contributed by atoms with van der Waals surface area (Å²) in [5.74, 6) is 0.490. The van der Waals surface area contributed by atoms with E-state index >= 15 is 0 Å². The molecule has 0 aromatic carbocycles. The van der Waals surface area contributed by atoms with Crippen molar-refractivity contribution in [3.8, 4) is 0 Å². The lowest BCUT2D eigenvalue weighted by Crippen LogP contribution is -2.45. The molecule has 0 spiro atoms. The molecule has 0 heterocycles. The van der Waals surface area contributed by atoms with Gasteiger partial charge in [-0.25, -0.2) is 0 Å². The predicted octanol–water partition coefficient (Wildman–Crippen LogP) is 2.83. The molecule has 0 rings (SSSR count). The average Bonchev–Trinajstić information content (AvgIpc) is 2.25. The predicted molar refractivity (Wildman–Crippen MR) is 73.8 cm³/mol. The monoisotopic (exact) mass is 242 g/mol. The van der Waals surface area contributed by atoms with Gasteiger partial charge in [0, 0.05) is 6.04 Å². The molecule has 0 saturated carbocycles. The summed E-state index contributed by atoms with van der Waals surface area (Å²) in [6.45, 7) is 8.51. The average molecular weight is 242 g/mol. The molecule has 1 amide bonds. The molecule has 0 fully saturated rings. The van der Waals surface area contributed by atoms with Crippen LogP contribution in [0.5, 0.6) is 0 Å². The summed E-state index contributed by atoms with van der Waals surface area (Å²) in [7, 11) is 0. The Morgan fingerprint density at radius 3 is 2.29 bits per heavy atom. The standard InChI is InChI=1S/C14H30N2O/c1-5-7-9-12(8-6-2)16-14(17)13(15)10-11(3)4/h11-13H,5-10,15H2,1-4H3,(H,16,17)/t12?,13-/m1/s1. The molecule has 0 aromatic rings. The van der Waals surface area contributed by atoms with Crippen molar-refractivity contribution in [1.29, 1.82) is 0 Å². The van der Waals surface area contributed by atoms with Gasteiger partial charge in [0.15, 0.2) is 0 Å². The van der Waals surface area contributed by atoms with Crippen LogP contribution in [0.2, 0.25) is 0 Å². The van der Waals surface area contributed by atoms with Gasteiger partial charge < -0.3 is 11.1 Å². The minimum absolute atomic E-state index is 0.0215. The summed E-state index contributed by atoms with van der Waals surface area (Å²) in [6, 6.07) is -0.0401. The minimum atomic E-state index is -0.351. The highest BCUT2D eigenvalue weighted by Gasteiger charge is 2.18. The first-order valence-electron chi connectivity index (χ1n) is 7.07. The number of unbranched alkanes of at least 4 members (excludes halogenated alkanes) is 1. The topological polar surface area (TPSA) is 55.1 Å². The van der Waals surface area contributed by atoms with Gasteiger partial charge in [-0.3, -0.25) is 4.79 Å². The second kappa shape index (κ2) is 9.46. The Hall–Kier alpha value is -0.570. The largest absolute Gasteiger partial charge is 0.352 e. The van der Waals surface area contributed by atoms with Gasteiger partial charge in [0.2, 0.25) is 5.91 Å². The smallest absolute Gasteiger partial charge is 0.237 e. The molecule has 2 atom stereocenters. The fourth-order valence-corrected chi connectivity index (χ4v) is 2.01. The minimum Gasteiger partial charge on any atom is -0.352 e. The molecule has 0 aliphatic carbocycles. The van der Waals surface area contributed by atoms with E-state index in [1.165, 1.54) is 12.8 Å². The first-order chi connectivity index (χ1) is 8.01. The number of carbonyl (C=O) groups excluding carboxylic acids is 1. The van der Waals surface area contributed by atoms with E-state index in [1.807, 2.05) is 0 Å². The van der Waals surface area contributed by atoms with Crippen LogP contribution in [0.3, 0.4) is 0 Å². The van der Waals surface area contributed by atoms with Crippen molar-refractivity contribution in [3.05, 3.63) is 0 Å². The van der Waals surface area contributed by atoms with Crippen LogP contribution >= 0.6 is 0 Å². The van der Waals surface area contributed by atoms with Crippen molar-refractivity contribution in [2.75, 3.05) is 0 Å². The van der Waals surface area contributed by atoms with Crippen LogP contribution in [0.25, 0.3) is 0 Å². The molecule has 17 heavy (non-hydrogen) atoms. The van der Waals surface area contributed by atoms with Crippen LogP contribution in [-0.4, -0.2) is 18.0 Å². The van der Waals surface area contributed by atoms with Crippen molar-refractivity contribution < 1.29 is 4.79 Å². The number of hydrogen-bond acceptors (Lipinski definition) is 2. The van der Waals surface area contributed by atoms with Gasteiger partial charge in [-0.2, -0.15) is 0 Å². The van der Waals surface area contributed by atoms with E-state index in [4.69, 9.17) is 5.73 Å². The maximum Gasteiger partial charge on any atom is 0.237 e. The van der Waals surface area contributed by atoms with Crippen LogP contribution in [0.4, 0.5) is 0 Å². The Labute approximate surface area is 107 Å². The lowest BCUT2D eigenvalue weighted by Gasteiger charge is -2.21. The Balaban J connectivity index is 4.09. The van der Waals surface area contributed by atoms with Gasteiger partial charge in [0.05, 0.1) is 6.04 Å². The number of amides is 1. The molecular formula is C14H30N2O. The second-order valence-electron chi connectivity index (χ2n) is 5.37. The molecule has 102 valence electrons. The van der Waals surface area contributed by atoms with Crippen LogP contribution < -0.4 is 11.1 Å². The van der Waals surface area contributed by atoms with Crippen LogP contribution in [0.1, 0.15) is 66.2 Å². The maximum atomic E-state index is 11.9. The third-order valence-corrected chi connectivity index (χ3v) is 2.95. The molecule has 0 aliphatic rings. The van der Waals surface area contributed by atoms with Gasteiger partial charge >= 0.3 is 0 Å². The SMILES string of the molecule is CCCCC(CCC)NC(=O)[C@H](N)CC(C)C. The molecule has 0 bridgehead atoms. The second-order valence-corrected chi connectivity index (χ2v) is 5.37. The summed E-state index contributed by atoms with van der Waals surface area (Å²) >= 11 is 0. The number of rotatable bonds is 9. The van der Waals surface area contributed by atoms with Gasteiger partial charge in [-0.05, 0) is 25.2 Å². The lowest BCUT2D eigenvalue weighted by molar-refractivity contribution is -0.123. The fraction of sp³-hybridized carbons (Fsp3) is 0.929. The van der Waals surface area contributed by atoms with Crippen molar-refractivity contribution in [2.24, 2.45) is 11.7 Å². The van der Waals surface area contributed by atoms with Crippen molar-refractivity contribution >= 4 is 5.91 Å². The summed E-state index contributed by atoms with van der Waals surface area (Å²) < 4.78 is 0. The molecule has 3 nitrogen and oxygen atoms in total. The number of nitrogens with two attached hydrogens (primary N) is 1. The summed E-state index contributed by atoms with van der Waals surface area (Å²) in [5, 5.41) is 3.09. The van der Waals surface area contributed by atoms with E-state index < -0.39 is 0 Å². The van der Waals surface area contributed by atoms with E-state index in [9.17, 15) is 4.79 Å². The summed E-state index contributed by atoms with van der Waals surface area (Å²) in [4.78, 5) is 11.9. The summed E-state index contributed by atoms with van der Waals surface area (Å²) in [6.07, 6.45) is 6.34. The highest BCUT2D eigenvalue weighted by molar-refractivity contribution is 5.81. The molecule has 3 N–H and O–H groups in total. The highest BCUT2D eigenvalue weighted by atomic mass is 16.2. The fourth-order valence-electron chi connectivity index (χ4n) is 2.01. The molecule has 3 heteroatoms. The first-order valence-corrected chi connectivity index (χ1v) is 7.07. The zero-order valence-electron chi connectivity index (χ0n) is 12.0. The van der Waals surface area contributed by atoms with Gasteiger partial charge in [-0.1, -0.05) is 47.0 Å². The normalized spacial score (nSPS) is 14.7. The van der Waals surface area contributed by atoms with E-state index in [2.05, 4.69) is 33.0 Å². The molecule has 1 unspecified atom stereocenters. The van der Waals surface area contributed by atoms with Gasteiger partial charge in [0.25, 0.3) is 0 Å². The van der Waals surface area contributed by atoms with Crippen LogP contribution in [-0.2, 0) is 4.79 Å². The van der Waals surface area contributed by atoms with Crippen LogP contribution in [0.15, 0.2) is 0 Å². The van der Waals surface area contributed by atoms with Crippen LogP contribution in [0, 0.1) is 5.92 Å². The lowest BCUT2D eigenvalue weighted by atomic mass is 10.0. The Bertz CT molecular complexity index is 204. The van der Waals surface area contributed by atoms with E-state index in [0.717, 1.165) is 25.7 Å². The molecule has 0 aromatic heterocycles. The number of nitrogens with one attached hydrogen (secondary N) is 1. The van der Waals surface area contributed by atoms with E-state index in [0.29, 0.717) is 12.0 Å². The highest BCUT2D eigenvalue weighted by Crippen LogP contribution is 2.08. The van der Waals surface area contributed by atoms with E-state index in [1.54, 1.807) is 0 Å². The molecule has 0 saturated heterocycles. The Morgan fingerprint density at radius 2 is 1.82 bits per heavy atom. The van der Waals surface area contributed by atoms with Crippen molar-refractivity contribution in [2.45, 2.75) is 78.3 Å². The molecular weight excluding hydrogens is 212 g/mol. The van der Waals surface area contributed by atoms with Gasteiger partial charge in [0.1, 0.15) is 0 Å². The van der Waals surface area contributed by atoms with Crippen molar-refractivity contribution in [1.82, 2.24) is 5.32 Å². The Morgan fingerprint density at radius 1 is 1.18 bits per heavy atom.